The second kappa shape index (κ2) is 5.32. The second-order valence-corrected chi connectivity index (χ2v) is 3.97. The molecular weight excluding hydrogens is 256 g/mol. The molecule has 18 heavy (non-hydrogen) atoms. The van der Waals surface area contributed by atoms with Crippen LogP contribution in [0.25, 0.3) is 11.0 Å². The SMILES string of the molecule is CC[C@H](OC)Oc1nc(N)nc2ccc(Cl)nc12. The molecule has 0 bridgehead atoms. The lowest BCUT2D eigenvalue weighted by atomic mass is 10.3. The number of nitrogens with two attached hydrogens (primary N) is 1. The van der Waals surface area contributed by atoms with Crippen LogP contribution in [0.5, 0.6) is 5.88 Å². The Morgan fingerprint density at radius 3 is 2.78 bits per heavy atom. The highest BCUT2D eigenvalue weighted by atomic mass is 35.5. The molecule has 0 saturated carbocycles. The van der Waals surface area contributed by atoms with Crippen molar-refractivity contribution in [3.05, 3.63) is 17.3 Å². The lowest BCUT2D eigenvalue weighted by Gasteiger charge is -2.15. The summed E-state index contributed by atoms with van der Waals surface area (Å²) in [7, 11) is 1.56. The van der Waals surface area contributed by atoms with Crippen LogP contribution in [0.1, 0.15) is 13.3 Å². The number of halogens is 1. The second-order valence-electron chi connectivity index (χ2n) is 3.58. The van der Waals surface area contributed by atoms with Gasteiger partial charge in [0, 0.05) is 13.5 Å². The Bertz CT molecular complexity index is 560. The van der Waals surface area contributed by atoms with Crippen LogP contribution in [-0.4, -0.2) is 28.4 Å². The van der Waals surface area contributed by atoms with E-state index in [4.69, 9.17) is 26.8 Å². The van der Waals surface area contributed by atoms with Gasteiger partial charge in [-0.1, -0.05) is 18.5 Å². The normalized spacial score (nSPS) is 12.6. The first-order chi connectivity index (χ1) is 8.63. The summed E-state index contributed by atoms with van der Waals surface area (Å²) in [5.74, 6) is 0.390. The molecule has 0 radical (unpaired) electrons. The van der Waals surface area contributed by atoms with Crippen molar-refractivity contribution in [3.63, 3.8) is 0 Å². The zero-order valence-corrected chi connectivity index (χ0v) is 10.8. The third-order valence-electron chi connectivity index (χ3n) is 2.33. The average Bonchev–Trinajstić information content (AvgIpc) is 2.36. The summed E-state index contributed by atoms with van der Waals surface area (Å²) in [5, 5.41) is 0.339. The van der Waals surface area contributed by atoms with Crippen molar-refractivity contribution < 1.29 is 9.47 Å². The molecule has 0 unspecified atom stereocenters. The maximum atomic E-state index is 5.85. The van der Waals surface area contributed by atoms with Gasteiger partial charge in [0.2, 0.25) is 18.1 Å². The lowest BCUT2D eigenvalue weighted by molar-refractivity contribution is -0.0564. The fourth-order valence-corrected chi connectivity index (χ4v) is 1.63. The number of hydrogen-bond donors (Lipinski definition) is 1. The summed E-state index contributed by atoms with van der Waals surface area (Å²) < 4.78 is 10.7. The summed E-state index contributed by atoms with van der Waals surface area (Å²) in [4.78, 5) is 12.2. The van der Waals surface area contributed by atoms with Crippen LogP contribution in [0.4, 0.5) is 5.95 Å². The van der Waals surface area contributed by atoms with Crippen LogP contribution in [0, 0.1) is 0 Å². The number of methoxy groups -OCH3 is 1. The van der Waals surface area contributed by atoms with E-state index in [-0.39, 0.29) is 11.8 Å². The number of aromatic nitrogens is 3. The lowest BCUT2D eigenvalue weighted by Crippen LogP contribution is -2.18. The molecule has 0 aliphatic carbocycles. The first kappa shape index (κ1) is 12.8. The van der Waals surface area contributed by atoms with E-state index >= 15 is 0 Å². The van der Waals surface area contributed by atoms with Crippen LogP contribution in [0.3, 0.4) is 0 Å². The van der Waals surface area contributed by atoms with Gasteiger partial charge in [-0.05, 0) is 12.1 Å². The van der Waals surface area contributed by atoms with Crippen LogP contribution < -0.4 is 10.5 Å². The molecule has 2 aromatic heterocycles. The Morgan fingerprint density at radius 2 is 2.11 bits per heavy atom. The molecule has 7 heteroatoms. The molecule has 0 aromatic carbocycles. The maximum absolute atomic E-state index is 5.85. The molecule has 0 amide bonds. The third kappa shape index (κ3) is 2.60. The number of fused-ring (bicyclic) bond motifs is 1. The van der Waals surface area contributed by atoms with Gasteiger partial charge in [0.05, 0.1) is 5.52 Å². The fourth-order valence-electron chi connectivity index (χ4n) is 1.49. The van der Waals surface area contributed by atoms with Crippen molar-refractivity contribution in [1.29, 1.82) is 0 Å². The minimum absolute atomic E-state index is 0.118. The summed E-state index contributed by atoms with van der Waals surface area (Å²) in [6, 6.07) is 3.34. The van der Waals surface area contributed by atoms with Crippen LogP contribution >= 0.6 is 11.6 Å². The van der Waals surface area contributed by atoms with E-state index in [0.717, 1.165) is 0 Å². The Balaban J connectivity index is 2.50. The van der Waals surface area contributed by atoms with E-state index in [1.165, 1.54) is 0 Å². The predicted molar refractivity (Wildman–Crippen MR) is 68.5 cm³/mol. The fraction of sp³-hybridized carbons (Fsp3) is 0.364. The zero-order valence-electron chi connectivity index (χ0n) is 10.1. The molecular formula is C11H13ClN4O2. The van der Waals surface area contributed by atoms with Crippen molar-refractivity contribution in [2.24, 2.45) is 0 Å². The van der Waals surface area contributed by atoms with Gasteiger partial charge in [0.15, 0.2) is 5.52 Å². The van der Waals surface area contributed by atoms with Crippen LogP contribution in [0.15, 0.2) is 12.1 Å². The van der Waals surface area contributed by atoms with Gasteiger partial charge in [-0.25, -0.2) is 9.97 Å². The quantitative estimate of drug-likeness (QED) is 0.675. The molecule has 6 nitrogen and oxygen atoms in total. The molecule has 0 aliphatic rings. The first-order valence-corrected chi connectivity index (χ1v) is 5.81. The van der Waals surface area contributed by atoms with Gasteiger partial charge >= 0.3 is 0 Å². The highest BCUT2D eigenvalue weighted by Gasteiger charge is 2.14. The van der Waals surface area contributed by atoms with Crippen molar-refractivity contribution in [3.8, 4) is 5.88 Å². The van der Waals surface area contributed by atoms with Gasteiger partial charge in [-0.3, -0.25) is 0 Å². The minimum Gasteiger partial charge on any atom is -0.446 e. The summed E-state index contributed by atoms with van der Waals surface area (Å²) in [6.07, 6.45) is 0.255. The monoisotopic (exact) mass is 268 g/mol. The van der Waals surface area contributed by atoms with E-state index in [0.29, 0.717) is 22.6 Å². The zero-order chi connectivity index (χ0) is 13.1. The highest BCUT2D eigenvalue weighted by molar-refractivity contribution is 6.29. The molecule has 0 saturated heterocycles. The van der Waals surface area contributed by atoms with Gasteiger partial charge in [-0.2, -0.15) is 4.98 Å². The summed E-state index contributed by atoms with van der Waals surface area (Å²) >= 11 is 5.85. The molecule has 0 aliphatic heterocycles. The molecule has 2 N–H and O–H groups in total. The number of ether oxygens (including phenoxy) is 2. The van der Waals surface area contributed by atoms with Crippen molar-refractivity contribution in [1.82, 2.24) is 15.0 Å². The average molecular weight is 269 g/mol. The van der Waals surface area contributed by atoms with Crippen molar-refractivity contribution in [2.45, 2.75) is 19.6 Å². The Kier molecular flexibility index (Phi) is 3.78. The standard InChI is InChI=1S/C11H13ClN4O2/c1-3-8(17-2)18-10-9-6(14-11(13)16-10)4-5-7(12)15-9/h4-5,8H,3H2,1-2H3,(H2,13,14,16)/t8-/m1/s1. The van der Waals surface area contributed by atoms with Crippen LogP contribution in [0.2, 0.25) is 5.15 Å². The highest BCUT2D eigenvalue weighted by Crippen LogP contribution is 2.24. The predicted octanol–water partition coefficient (Wildman–Crippen LogP) is 2.02. The Morgan fingerprint density at radius 1 is 1.33 bits per heavy atom. The van der Waals surface area contributed by atoms with Crippen molar-refractivity contribution in [2.75, 3.05) is 12.8 Å². The molecule has 0 fully saturated rings. The van der Waals surface area contributed by atoms with E-state index in [1.807, 2.05) is 6.92 Å². The number of hydrogen-bond acceptors (Lipinski definition) is 6. The molecule has 96 valence electrons. The molecule has 1 atom stereocenters. The molecule has 2 heterocycles. The molecule has 0 spiro atoms. The van der Waals surface area contributed by atoms with Crippen LogP contribution in [-0.2, 0) is 4.74 Å². The smallest absolute Gasteiger partial charge is 0.247 e. The number of rotatable bonds is 4. The van der Waals surface area contributed by atoms with Gasteiger partial charge in [0.25, 0.3) is 0 Å². The topological polar surface area (TPSA) is 83.2 Å². The van der Waals surface area contributed by atoms with E-state index < -0.39 is 6.29 Å². The van der Waals surface area contributed by atoms with Gasteiger partial charge < -0.3 is 15.2 Å². The maximum Gasteiger partial charge on any atom is 0.247 e. The Hall–Kier alpha value is -1.66. The van der Waals surface area contributed by atoms with E-state index in [1.54, 1.807) is 19.2 Å². The third-order valence-corrected chi connectivity index (χ3v) is 2.54. The van der Waals surface area contributed by atoms with E-state index in [2.05, 4.69) is 15.0 Å². The summed E-state index contributed by atoms with van der Waals surface area (Å²) in [5.41, 5.74) is 6.66. The number of nitrogens with zero attached hydrogens (tertiary/aromatic N) is 3. The largest absolute Gasteiger partial charge is 0.446 e. The number of anilines is 1. The van der Waals surface area contributed by atoms with E-state index in [9.17, 15) is 0 Å². The van der Waals surface area contributed by atoms with Gasteiger partial charge in [-0.15, -0.1) is 0 Å². The minimum atomic E-state index is -0.414. The number of nitrogen functional groups attached to an aromatic ring is 1. The number of pyridine rings is 1. The Labute approximate surface area is 109 Å². The summed E-state index contributed by atoms with van der Waals surface area (Å²) in [6.45, 7) is 1.93. The van der Waals surface area contributed by atoms with Crippen molar-refractivity contribution >= 4 is 28.6 Å². The first-order valence-electron chi connectivity index (χ1n) is 5.43. The van der Waals surface area contributed by atoms with Gasteiger partial charge in [0.1, 0.15) is 5.15 Å². The molecule has 2 rings (SSSR count). The molecule has 2 aromatic rings.